The minimum atomic E-state index is -0.582. The Balaban J connectivity index is 2.38. The number of benzene rings is 2. The van der Waals surface area contributed by atoms with Crippen molar-refractivity contribution >= 4 is 17.6 Å². The van der Waals surface area contributed by atoms with Crippen LogP contribution in [0.1, 0.15) is 24.2 Å². The highest BCUT2D eigenvalue weighted by molar-refractivity contribution is 5.98. The van der Waals surface area contributed by atoms with Gasteiger partial charge in [-0.05, 0) is 37.3 Å². The largest absolute Gasteiger partial charge is 0.497 e. The summed E-state index contributed by atoms with van der Waals surface area (Å²) in [5.74, 6) is -0.250. The first-order chi connectivity index (χ1) is 14.3. The molecular formula is C21H24N2O7. The molecule has 2 rings (SSSR count). The van der Waals surface area contributed by atoms with Gasteiger partial charge in [0.1, 0.15) is 17.2 Å². The molecular weight excluding hydrogens is 392 g/mol. The van der Waals surface area contributed by atoms with Crippen LogP contribution in [0.4, 0.5) is 5.69 Å². The Hall–Kier alpha value is -3.62. The number of amides is 1. The lowest BCUT2D eigenvalue weighted by Crippen LogP contribution is -2.37. The highest BCUT2D eigenvalue weighted by atomic mass is 16.6. The van der Waals surface area contributed by atoms with Crippen molar-refractivity contribution in [2.75, 3.05) is 27.3 Å². The second-order valence-corrected chi connectivity index (χ2v) is 6.48. The number of hydrogen-bond acceptors (Lipinski definition) is 7. The Morgan fingerprint density at radius 1 is 1.10 bits per heavy atom. The fourth-order valence-corrected chi connectivity index (χ4v) is 2.79. The maximum Gasteiger partial charge on any atom is 0.310 e. The van der Waals surface area contributed by atoms with Crippen LogP contribution in [0.15, 0.2) is 42.5 Å². The molecule has 9 heteroatoms. The Bertz CT molecular complexity index is 912. The summed E-state index contributed by atoms with van der Waals surface area (Å²) in [6.45, 7) is 3.80. The Kier molecular flexibility index (Phi) is 7.74. The molecule has 1 amide bonds. The van der Waals surface area contributed by atoms with E-state index in [2.05, 4.69) is 0 Å². The quantitative estimate of drug-likeness (QED) is 0.349. The highest BCUT2D eigenvalue weighted by Gasteiger charge is 2.25. The molecule has 160 valence electrons. The molecule has 0 aliphatic carbocycles. The monoisotopic (exact) mass is 416 g/mol. The third kappa shape index (κ3) is 5.47. The van der Waals surface area contributed by atoms with E-state index >= 15 is 0 Å². The molecule has 0 radical (unpaired) electrons. The van der Waals surface area contributed by atoms with Gasteiger partial charge in [0.15, 0.2) is 0 Å². The van der Waals surface area contributed by atoms with Gasteiger partial charge in [-0.1, -0.05) is 6.92 Å². The van der Waals surface area contributed by atoms with E-state index in [1.54, 1.807) is 38.1 Å². The van der Waals surface area contributed by atoms with E-state index in [1.807, 2.05) is 0 Å². The molecule has 0 aliphatic heterocycles. The summed E-state index contributed by atoms with van der Waals surface area (Å²) in [5, 5.41) is 11.2. The van der Waals surface area contributed by atoms with Crippen molar-refractivity contribution in [3.8, 4) is 17.2 Å². The molecule has 0 heterocycles. The first kappa shape index (κ1) is 22.7. The van der Waals surface area contributed by atoms with Crippen LogP contribution in [-0.2, 0) is 9.53 Å². The fraction of sp³-hybridized carbons (Fsp3) is 0.333. The van der Waals surface area contributed by atoms with Crippen molar-refractivity contribution in [2.45, 2.75) is 13.8 Å². The molecule has 2 aromatic rings. The number of methoxy groups -OCH3 is 2. The maximum absolute atomic E-state index is 13.2. The number of rotatable bonds is 9. The van der Waals surface area contributed by atoms with Gasteiger partial charge >= 0.3 is 5.97 Å². The molecule has 0 N–H and O–H groups in total. The Labute approximate surface area is 174 Å². The number of ether oxygens (including phenoxy) is 3. The van der Waals surface area contributed by atoms with Crippen LogP contribution in [0, 0.1) is 16.0 Å². The molecule has 0 saturated carbocycles. The average molecular weight is 416 g/mol. The number of nitrogens with zero attached hydrogens (tertiary/aromatic N) is 2. The van der Waals surface area contributed by atoms with Crippen LogP contribution in [0.2, 0.25) is 0 Å². The zero-order chi connectivity index (χ0) is 22.3. The number of carbonyl (C=O) groups excluding carboxylic acids is 2. The second-order valence-electron chi connectivity index (χ2n) is 6.48. The van der Waals surface area contributed by atoms with Crippen LogP contribution in [0.5, 0.6) is 17.2 Å². The molecule has 1 unspecified atom stereocenters. The van der Waals surface area contributed by atoms with Crippen LogP contribution >= 0.6 is 0 Å². The third-order valence-electron chi connectivity index (χ3n) is 4.46. The third-order valence-corrected chi connectivity index (χ3v) is 4.46. The number of hydrogen-bond donors (Lipinski definition) is 0. The molecule has 0 spiro atoms. The predicted molar refractivity (Wildman–Crippen MR) is 109 cm³/mol. The second kappa shape index (κ2) is 10.2. The number of nitro benzene ring substituents is 1. The van der Waals surface area contributed by atoms with Crippen molar-refractivity contribution < 1.29 is 28.7 Å². The normalized spacial score (nSPS) is 11.3. The van der Waals surface area contributed by atoms with Crippen LogP contribution in [-0.4, -0.2) is 49.0 Å². The van der Waals surface area contributed by atoms with Gasteiger partial charge in [-0.15, -0.1) is 0 Å². The molecule has 0 bridgehead atoms. The smallest absolute Gasteiger partial charge is 0.310 e. The molecule has 0 fully saturated rings. The molecule has 30 heavy (non-hydrogen) atoms. The first-order valence-corrected chi connectivity index (χ1v) is 9.28. The van der Waals surface area contributed by atoms with E-state index in [0.29, 0.717) is 18.0 Å². The molecule has 2 aromatic carbocycles. The van der Waals surface area contributed by atoms with Gasteiger partial charge in [-0.2, -0.15) is 0 Å². The van der Waals surface area contributed by atoms with Gasteiger partial charge in [-0.3, -0.25) is 19.7 Å². The predicted octanol–water partition coefficient (Wildman–Crippen LogP) is 3.67. The summed E-state index contributed by atoms with van der Waals surface area (Å²) in [6.07, 6.45) is 0. The van der Waals surface area contributed by atoms with Gasteiger partial charge in [0.05, 0.1) is 30.6 Å². The molecule has 9 nitrogen and oxygen atoms in total. The lowest BCUT2D eigenvalue weighted by molar-refractivity contribution is -0.384. The maximum atomic E-state index is 13.2. The summed E-state index contributed by atoms with van der Waals surface area (Å²) in [7, 11) is 2.82. The summed E-state index contributed by atoms with van der Waals surface area (Å²) >= 11 is 0. The Morgan fingerprint density at radius 2 is 1.73 bits per heavy atom. The van der Waals surface area contributed by atoms with E-state index in [0.717, 1.165) is 0 Å². The molecule has 1 atom stereocenters. The first-order valence-electron chi connectivity index (χ1n) is 9.28. The van der Waals surface area contributed by atoms with E-state index in [9.17, 15) is 19.7 Å². The zero-order valence-electron chi connectivity index (χ0n) is 17.3. The molecule has 0 saturated heterocycles. The van der Waals surface area contributed by atoms with Gasteiger partial charge in [0.25, 0.3) is 11.6 Å². The average Bonchev–Trinajstić information content (AvgIpc) is 2.76. The topological polar surface area (TPSA) is 108 Å². The van der Waals surface area contributed by atoms with Crippen molar-refractivity contribution in [1.82, 2.24) is 4.90 Å². The molecule has 0 aromatic heterocycles. The van der Waals surface area contributed by atoms with E-state index < -0.39 is 22.7 Å². The summed E-state index contributed by atoms with van der Waals surface area (Å²) in [6, 6.07) is 10.5. The van der Waals surface area contributed by atoms with Gasteiger partial charge in [-0.25, -0.2) is 0 Å². The fourth-order valence-electron chi connectivity index (χ4n) is 2.79. The lowest BCUT2D eigenvalue weighted by atomic mass is 10.1. The van der Waals surface area contributed by atoms with Crippen LogP contribution in [0.3, 0.4) is 0 Å². The van der Waals surface area contributed by atoms with Crippen molar-refractivity contribution in [3.05, 3.63) is 58.1 Å². The minimum absolute atomic E-state index is 0.0268. The van der Waals surface area contributed by atoms with Crippen molar-refractivity contribution in [2.24, 2.45) is 5.92 Å². The van der Waals surface area contributed by atoms with Crippen molar-refractivity contribution in [3.63, 3.8) is 0 Å². The number of nitro groups is 1. The van der Waals surface area contributed by atoms with Gasteiger partial charge in [0.2, 0.25) is 0 Å². The summed E-state index contributed by atoms with van der Waals surface area (Å²) in [4.78, 5) is 37.0. The van der Waals surface area contributed by atoms with E-state index in [-0.39, 0.29) is 23.5 Å². The number of non-ortho nitro benzene ring substituents is 1. The number of carbonyl (C=O) groups is 2. The van der Waals surface area contributed by atoms with Crippen LogP contribution < -0.4 is 9.47 Å². The standard InChI is InChI=1S/C21H24N2O7/c1-5-22(13-14(2)21(25)29-4)20(24)18-12-15(23(26)27)6-11-19(18)30-17-9-7-16(28-3)8-10-17/h6-12,14H,5,13H2,1-4H3. The SMILES string of the molecule is CCN(CC(C)C(=O)OC)C(=O)c1cc([N+](=O)[O-])ccc1Oc1ccc(OC)cc1. The highest BCUT2D eigenvalue weighted by Crippen LogP contribution is 2.31. The van der Waals surface area contributed by atoms with Gasteiger partial charge < -0.3 is 19.1 Å². The lowest BCUT2D eigenvalue weighted by Gasteiger charge is -2.24. The Morgan fingerprint density at radius 3 is 2.27 bits per heavy atom. The van der Waals surface area contributed by atoms with Crippen molar-refractivity contribution in [1.29, 1.82) is 0 Å². The summed E-state index contributed by atoms with van der Waals surface area (Å²) in [5.41, 5.74) is -0.212. The van der Waals surface area contributed by atoms with Gasteiger partial charge in [0, 0.05) is 25.2 Å². The minimum Gasteiger partial charge on any atom is -0.497 e. The number of esters is 1. The van der Waals surface area contributed by atoms with Crippen LogP contribution in [0.25, 0.3) is 0 Å². The molecule has 0 aliphatic rings. The van der Waals surface area contributed by atoms with E-state index in [4.69, 9.17) is 14.2 Å². The summed E-state index contributed by atoms with van der Waals surface area (Å²) < 4.78 is 15.6. The van der Waals surface area contributed by atoms with E-state index in [1.165, 1.54) is 37.3 Å². The zero-order valence-corrected chi connectivity index (χ0v) is 17.3.